The van der Waals surface area contributed by atoms with Crippen LogP contribution in [0.5, 0.6) is 0 Å². The summed E-state index contributed by atoms with van der Waals surface area (Å²) in [7, 11) is 0. The van der Waals surface area contributed by atoms with E-state index in [1.807, 2.05) is 12.2 Å². The van der Waals surface area contributed by atoms with E-state index in [2.05, 4.69) is 139 Å². The van der Waals surface area contributed by atoms with Crippen LogP contribution >= 0.6 is 0 Å². The van der Waals surface area contributed by atoms with Crippen LogP contribution in [0, 0.1) is 24.0 Å². The van der Waals surface area contributed by atoms with E-state index in [1.165, 1.54) is 68.6 Å². The topological polar surface area (TPSA) is 0 Å². The second-order valence-electron chi connectivity index (χ2n) is 12.3. The molecule has 0 spiro atoms. The first kappa shape index (κ1) is 35.0. The molecule has 0 bridgehead atoms. The second-order valence-corrected chi connectivity index (χ2v) is 12.3. The van der Waals surface area contributed by atoms with Crippen LogP contribution in [0.15, 0.2) is 48.6 Å². The Morgan fingerprint density at radius 2 is 1.31 bits per heavy atom. The molecule has 0 atom stereocenters. The number of hydrogen-bond donors (Lipinski definition) is 0. The summed E-state index contributed by atoms with van der Waals surface area (Å²) in [5.41, 5.74) is 8.70. The fourth-order valence-electron chi connectivity index (χ4n) is 3.37. The normalized spacial score (nSPS) is 12.7. The number of rotatable bonds is 0. The molecule has 36 heavy (non-hydrogen) atoms. The van der Waals surface area contributed by atoms with Crippen molar-refractivity contribution in [1.29, 1.82) is 0 Å². The predicted molar refractivity (Wildman–Crippen MR) is 159 cm³/mol. The predicted octanol–water partition coefficient (Wildman–Crippen LogP) is 9.82. The van der Waals surface area contributed by atoms with Crippen molar-refractivity contribution < 1.29 is 23.3 Å². The van der Waals surface area contributed by atoms with Gasteiger partial charge in [0.05, 0.1) is 0 Å². The molecule has 0 aromatic heterocycles. The van der Waals surface area contributed by atoms with E-state index in [9.17, 15) is 0 Å². The van der Waals surface area contributed by atoms with E-state index in [0.29, 0.717) is 0 Å². The molecule has 2 aromatic rings. The summed E-state index contributed by atoms with van der Waals surface area (Å²) in [5, 5.41) is 0. The van der Waals surface area contributed by atoms with Crippen LogP contribution < -0.4 is 0 Å². The van der Waals surface area contributed by atoms with Crippen molar-refractivity contribution in [2.75, 3.05) is 0 Å². The van der Waals surface area contributed by atoms with Gasteiger partial charge in [-0.15, -0.1) is 17.5 Å². The van der Waals surface area contributed by atoms with Gasteiger partial charge in [-0.1, -0.05) is 65.3 Å². The first-order valence-corrected chi connectivity index (χ1v) is 17.0. The molecule has 2 aromatic carbocycles. The van der Waals surface area contributed by atoms with Gasteiger partial charge in [0.25, 0.3) is 0 Å². The van der Waals surface area contributed by atoms with E-state index >= 15 is 0 Å². The fourth-order valence-corrected chi connectivity index (χ4v) is 3.37. The number of fused-ring (bicyclic) bond motifs is 3. The van der Waals surface area contributed by atoms with Crippen molar-refractivity contribution in [1.82, 2.24) is 0 Å². The van der Waals surface area contributed by atoms with Crippen molar-refractivity contribution >= 4 is 6.88 Å². The maximum atomic E-state index is 3.67. The monoisotopic (exact) mass is 574 g/mol. The van der Waals surface area contributed by atoms with Crippen LogP contribution in [0.4, 0.5) is 0 Å². The average Bonchev–Trinajstić information content (AvgIpc) is 3.44. The Balaban J connectivity index is 0.000000669. The molecule has 0 N–H and O–H groups in total. The standard InChI is InChI=1S/C21H25.C5H5.2C4H9.Si.Zr/c1-20(2,3)16-7-9-18-14(12-16)11-15-13-17(21(4,5)6)8-10-19(15)18;1-2-4-5-3-1;2*1-4(2)3;;/h7-10,12H,11H2,1-6H3;1-3H,4H2;2*1-3H3;;/q4*-1;;. The molecule has 0 amide bonds. The van der Waals surface area contributed by atoms with Crippen LogP contribution in [-0.2, 0) is 40.6 Å². The van der Waals surface area contributed by atoms with Gasteiger partial charge in [-0.05, 0) is 28.4 Å². The zero-order chi connectivity index (χ0) is 28.1. The van der Waals surface area contributed by atoms with Crippen LogP contribution in [0.2, 0.25) is 0 Å². The summed E-state index contributed by atoms with van der Waals surface area (Å²) in [4.78, 5) is 0. The zero-order valence-corrected chi connectivity index (χ0v) is 28.5. The molecule has 0 heterocycles. The van der Waals surface area contributed by atoms with Gasteiger partial charge in [-0.3, -0.25) is 6.08 Å². The Bertz CT molecular complexity index is 883. The average molecular weight is 576 g/mol. The fraction of sp³-hybridized carbons (Fsp3) is 0.471. The van der Waals surface area contributed by atoms with Crippen molar-refractivity contribution in [2.45, 2.75) is 107 Å². The molecule has 4 rings (SSSR count). The molecule has 0 unspecified atom stereocenters. The van der Waals surface area contributed by atoms with E-state index in [1.54, 1.807) is 0 Å². The molecular formula is C34H48SiZr-4. The van der Waals surface area contributed by atoms with Crippen LogP contribution in [0.3, 0.4) is 0 Å². The van der Waals surface area contributed by atoms with Crippen molar-refractivity contribution in [3.05, 3.63) is 94.8 Å². The third kappa shape index (κ3) is 13.5. The SMILES string of the molecule is CC(C)(C)c1[c-]c2c(cc1)-c1ccc(C(C)(C)C)cc1C2.C[C-](C)C.C[C-](C)C.[C-]1=CC=CC1.[Si]=[Zr]. The Hall–Kier alpha value is -0.980. The molecular weight excluding hydrogens is 528 g/mol. The van der Waals surface area contributed by atoms with Gasteiger partial charge in [-0.25, -0.2) is 12.2 Å². The van der Waals surface area contributed by atoms with Crippen molar-refractivity contribution in [2.24, 2.45) is 0 Å². The van der Waals surface area contributed by atoms with E-state index in [-0.39, 0.29) is 10.8 Å². The van der Waals surface area contributed by atoms with Gasteiger partial charge >= 0.3 is 30.2 Å². The number of allylic oxidation sites excluding steroid dienone is 4. The summed E-state index contributed by atoms with van der Waals surface area (Å²) in [6.07, 6.45) is 11.0. The summed E-state index contributed by atoms with van der Waals surface area (Å²) >= 11 is 1.36. The van der Waals surface area contributed by atoms with Crippen LogP contribution in [0.25, 0.3) is 11.1 Å². The number of benzene rings is 2. The van der Waals surface area contributed by atoms with Crippen molar-refractivity contribution in [3.63, 3.8) is 0 Å². The third-order valence-corrected chi connectivity index (χ3v) is 5.05. The molecule has 0 nitrogen and oxygen atoms in total. The molecule has 2 heteroatoms. The first-order valence-electron chi connectivity index (χ1n) is 12.8. The molecule has 196 valence electrons. The van der Waals surface area contributed by atoms with E-state index in [0.717, 1.165) is 12.8 Å². The van der Waals surface area contributed by atoms with Gasteiger partial charge in [0, 0.05) is 0 Å². The molecule has 0 aliphatic heterocycles. The van der Waals surface area contributed by atoms with Gasteiger partial charge in [-0.2, -0.15) is 71.4 Å². The maximum absolute atomic E-state index is 3.67. The van der Waals surface area contributed by atoms with Gasteiger partial charge in [0.1, 0.15) is 0 Å². The third-order valence-electron chi connectivity index (χ3n) is 5.05. The second kappa shape index (κ2) is 16.8. The summed E-state index contributed by atoms with van der Waals surface area (Å²) in [5.74, 6) is 2.83. The first-order chi connectivity index (χ1) is 16.6. The van der Waals surface area contributed by atoms with Gasteiger partial charge in [0.2, 0.25) is 0 Å². The van der Waals surface area contributed by atoms with Crippen molar-refractivity contribution in [3.8, 4) is 11.1 Å². The summed E-state index contributed by atoms with van der Waals surface area (Å²) in [6.45, 7) is 29.2. The molecule has 0 saturated heterocycles. The van der Waals surface area contributed by atoms with Gasteiger partial charge < -0.3 is 11.8 Å². The summed E-state index contributed by atoms with van der Waals surface area (Å²) in [6, 6.07) is 15.2. The minimum absolute atomic E-state index is 0.167. The molecule has 0 saturated carbocycles. The minimum atomic E-state index is 0.167. The van der Waals surface area contributed by atoms with E-state index in [4.69, 9.17) is 0 Å². The molecule has 2 radical (unpaired) electrons. The van der Waals surface area contributed by atoms with E-state index < -0.39 is 0 Å². The molecule has 0 fully saturated rings. The summed E-state index contributed by atoms with van der Waals surface area (Å²) < 4.78 is 0. The van der Waals surface area contributed by atoms with Gasteiger partial charge in [0.15, 0.2) is 0 Å². The molecule has 2 aliphatic carbocycles. The Kier molecular flexibility index (Phi) is 16.3. The Morgan fingerprint density at radius 3 is 1.69 bits per heavy atom. The Morgan fingerprint density at radius 1 is 0.778 bits per heavy atom. The zero-order valence-electron chi connectivity index (χ0n) is 25.0. The van der Waals surface area contributed by atoms with Crippen LogP contribution in [0.1, 0.15) is 112 Å². The Labute approximate surface area is 241 Å². The quantitative estimate of drug-likeness (QED) is 0.185. The number of hydrogen-bond acceptors (Lipinski definition) is 0. The molecule has 2 aliphatic rings. The van der Waals surface area contributed by atoms with Crippen LogP contribution in [-0.4, -0.2) is 6.88 Å².